The van der Waals surface area contributed by atoms with E-state index < -0.39 is 4.92 Å². The van der Waals surface area contributed by atoms with Crippen LogP contribution in [0.4, 0.5) is 11.4 Å². The van der Waals surface area contributed by atoms with Crippen LogP contribution in [0.5, 0.6) is 0 Å². The molecule has 0 atom stereocenters. The molecule has 0 radical (unpaired) electrons. The summed E-state index contributed by atoms with van der Waals surface area (Å²) in [4.78, 5) is 11.5. The van der Waals surface area contributed by atoms with E-state index in [2.05, 4.69) is 13.8 Å². The summed E-state index contributed by atoms with van der Waals surface area (Å²) in [5, 5.41) is 12.6. The lowest BCUT2D eigenvalue weighted by Crippen LogP contribution is -1.95. The Morgan fingerprint density at radius 1 is 1.26 bits per heavy atom. The molecule has 0 saturated heterocycles. The Hall–Kier alpha value is -1.75. The molecular formula is C14H16N2O2S. The number of nitrogens with zero attached hydrogens (tertiary/aromatic N) is 1. The van der Waals surface area contributed by atoms with Crippen molar-refractivity contribution in [3.05, 3.63) is 40.4 Å². The average molecular weight is 276 g/mol. The molecular weight excluding hydrogens is 260 g/mol. The molecule has 5 heteroatoms. The number of nitrogens with two attached hydrogens (primary N) is 1. The number of rotatable bonds is 4. The Bertz CT molecular complexity index is 626. The van der Waals surface area contributed by atoms with Gasteiger partial charge in [0.15, 0.2) is 0 Å². The third-order valence-electron chi connectivity index (χ3n) is 2.74. The molecule has 4 nitrogen and oxygen atoms in total. The number of fused-ring (bicyclic) bond motifs is 1. The van der Waals surface area contributed by atoms with Crippen molar-refractivity contribution in [1.82, 2.24) is 0 Å². The predicted molar refractivity (Wildman–Crippen MR) is 80.6 cm³/mol. The third-order valence-corrected chi connectivity index (χ3v) is 4.16. The highest BCUT2D eigenvalue weighted by Gasteiger charge is 2.12. The first-order chi connectivity index (χ1) is 8.97. The van der Waals surface area contributed by atoms with Gasteiger partial charge in [0.2, 0.25) is 0 Å². The molecule has 0 amide bonds. The number of nitrogen functional groups attached to an aromatic ring is 1. The largest absolute Gasteiger partial charge is 0.393 e. The molecule has 0 unspecified atom stereocenters. The summed E-state index contributed by atoms with van der Waals surface area (Å²) < 4.78 is 0. The quantitative estimate of drug-likeness (QED) is 0.395. The monoisotopic (exact) mass is 276 g/mol. The van der Waals surface area contributed by atoms with Gasteiger partial charge >= 0.3 is 0 Å². The van der Waals surface area contributed by atoms with Crippen molar-refractivity contribution >= 4 is 33.9 Å². The van der Waals surface area contributed by atoms with Crippen LogP contribution in [0, 0.1) is 16.0 Å². The fraction of sp³-hybridized carbons (Fsp3) is 0.286. The molecule has 0 aliphatic rings. The van der Waals surface area contributed by atoms with Crippen LogP contribution in [-0.4, -0.2) is 10.7 Å². The van der Waals surface area contributed by atoms with E-state index in [1.165, 1.54) is 6.07 Å². The second-order valence-electron chi connectivity index (χ2n) is 4.88. The zero-order valence-electron chi connectivity index (χ0n) is 10.9. The molecule has 0 aliphatic heterocycles. The van der Waals surface area contributed by atoms with Gasteiger partial charge in [0.05, 0.1) is 4.92 Å². The summed E-state index contributed by atoms with van der Waals surface area (Å²) in [6.45, 7) is 4.35. The van der Waals surface area contributed by atoms with E-state index in [1.807, 2.05) is 18.2 Å². The van der Waals surface area contributed by atoms with Gasteiger partial charge in [-0.1, -0.05) is 19.9 Å². The van der Waals surface area contributed by atoms with E-state index >= 15 is 0 Å². The summed E-state index contributed by atoms with van der Waals surface area (Å²) in [5.74, 6) is 1.68. The minimum atomic E-state index is -0.448. The summed E-state index contributed by atoms with van der Waals surface area (Å²) in [6.07, 6.45) is 0. The molecule has 2 aromatic rings. The van der Waals surface area contributed by atoms with Crippen molar-refractivity contribution in [3.8, 4) is 0 Å². The summed E-state index contributed by atoms with van der Waals surface area (Å²) in [6, 6.07) is 9.14. The molecule has 0 aromatic heterocycles. The molecule has 0 heterocycles. The maximum Gasteiger partial charge on any atom is 0.292 e. The van der Waals surface area contributed by atoms with Crippen LogP contribution < -0.4 is 5.73 Å². The first-order valence-corrected chi connectivity index (χ1v) is 7.06. The van der Waals surface area contributed by atoms with Gasteiger partial charge in [-0.25, -0.2) is 0 Å². The van der Waals surface area contributed by atoms with Crippen molar-refractivity contribution < 1.29 is 4.92 Å². The number of anilines is 1. The Labute approximate surface area is 116 Å². The highest BCUT2D eigenvalue weighted by Crippen LogP contribution is 2.31. The Kier molecular flexibility index (Phi) is 3.95. The SMILES string of the molecule is CC(C)CSc1ccc2cc([N+](=O)[O-])c(N)cc2c1. The molecule has 2 aromatic carbocycles. The number of nitro groups is 1. The van der Waals surface area contributed by atoms with Crippen LogP contribution in [0.1, 0.15) is 13.8 Å². The van der Waals surface area contributed by atoms with Gasteiger partial charge in [0.1, 0.15) is 5.69 Å². The fourth-order valence-electron chi connectivity index (χ4n) is 1.79. The van der Waals surface area contributed by atoms with E-state index in [0.29, 0.717) is 5.92 Å². The highest BCUT2D eigenvalue weighted by molar-refractivity contribution is 7.99. The molecule has 2 rings (SSSR count). The molecule has 2 N–H and O–H groups in total. The second kappa shape index (κ2) is 5.48. The van der Waals surface area contributed by atoms with Crippen LogP contribution in [0.15, 0.2) is 35.2 Å². The normalized spacial score (nSPS) is 11.1. The molecule has 0 saturated carbocycles. The Morgan fingerprint density at radius 3 is 2.63 bits per heavy atom. The highest BCUT2D eigenvalue weighted by atomic mass is 32.2. The molecule has 0 fully saturated rings. The third kappa shape index (κ3) is 3.17. The van der Waals surface area contributed by atoms with Crippen molar-refractivity contribution in [2.75, 3.05) is 11.5 Å². The van der Waals surface area contributed by atoms with Crippen LogP contribution in [-0.2, 0) is 0 Å². The lowest BCUT2D eigenvalue weighted by Gasteiger charge is -2.07. The van der Waals surface area contributed by atoms with Gasteiger partial charge in [-0.3, -0.25) is 10.1 Å². The molecule has 100 valence electrons. The zero-order chi connectivity index (χ0) is 14.0. The maximum absolute atomic E-state index is 10.8. The number of hydrogen-bond acceptors (Lipinski definition) is 4. The second-order valence-corrected chi connectivity index (χ2v) is 5.98. The van der Waals surface area contributed by atoms with Gasteiger partial charge < -0.3 is 5.73 Å². The predicted octanol–water partition coefficient (Wildman–Crippen LogP) is 4.08. The maximum atomic E-state index is 10.8. The van der Waals surface area contributed by atoms with Crippen molar-refractivity contribution in [1.29, 1.82) is 0 Å². The van der Waals surface area contributed by atoms with Crippen LogP contribution in [0.2, 0.25) is 0 Å². The van der Waals surface area contributed by atoms with E-state index in [9.17, 15) is 10.1 Å². The Balaban J connectivity index is 2.38. The Morgan fingerprint density at radius 2 is 2.00 bits per heavy atom. The molecule has 0 bridgehead atoms. The van der Waals surface area contributed by atoms with E-state index in [0.717, 1.165) is 21.4 Å². The van der Waals surface area contributed by atoms with Crippen LogP contribution in [0.3, 0.4) is 0 Å². The smallest absolute Gasteiger partial charge is 0.292 e. The molecule has 19 heavy (non-hydrogen) atoms. The molecule has 0 aliphatic carbocycles. The minimum Gasteiger partial charge on any atom is -0.393 e. The van der Waals surface area contributed by atoms with Gasteiger partial charge in [-0.2, -0.15) is 0 Å². The van der Waals surface area contributed by atoms with Crippen LogP contribution >= 0.6 is 11.8 Å². The van der Waals surface area contributed by atoms with Crippen molar-refractivity contribution in [2.24, 2.45) is 5.92 Å². The topological polar surface area (TPSA) is 69.2 Å². The minimum absolute atomic E-state index is 0.0323. The van der Waals surface area contributed by atoms with Crippen molar-refractivity contribution in [2.45, 2.75) is 18.7 Å². The number of hydrogen-bond donors (Lipinski definition) is 1. The molecule has 0 spiro atoms. The average Bonchev–Trinajstić information content (AvgIpc) is 2.34. The van der Waals surface area contributed by atoms with Gasteiger partial charge in [-0.15, -0.1) is 11.8 Å². The zero-order valence-corrected chi connectivity index (χ0v) is 11.7. The number of benzene rings is 2. The van der Waals surface area contributed by atoms with Crippen molar-refractivity contribution in [3.63, 3.8) is 0 Å². The fourth-order valence-corrected chi connectivity index (χ4v) is 2.69. The number of nitro benzene ring substituents is 1. The summed E-state index contributed by atoms with van der Waals surface area (Å²) >= 11 is 1.79. The summed E-state index contributed by atoms with van der Waals surface area (Å²) in [7, 11) is 0. The lowest BCUT2D eigenvalue weighted by atomic mass is 10.1. The van der Waals surface area contributed by atoms with E-state index in [4.69, 9.17) is 5.73 Å². The standard InChI is InChI=1S/C14H16N2O2S/c1-9(2)8-19-12-4-3-10-7-14(16(17)18)13(15)6-11(10)5-12/h3-7,9H,8,15H2,1-2H3. The van der Waals surface area contributed by atoms with Gasteiger partial charge in [-0.05, 0) is 34.9 Å². The van der Waals surface area contributed by atoms with Gasteiger partial charge in [0, 0.05) is 16.7 Å². The number of thioether (sulfide) groups is 1. The first-order valence-electron chi connectivity index (χ1n) is 6.08. The summed E-state index contributed by atoms with van der Waals surface area (Å²) in [5.41, 5.74) is 5.89. The first kappa shape index (κ1) is 13.7. The van der Waals surface area contributed by atoms with E-state index in [-0.39, 0.29) is 11.4 Å². The van der Waals surface area contributed by atoms with E-state index in [1.54, 1.807) is 17.8 Å². The van der Waals surface area contributed by atoms with Crippen LogP contribution in [0.25, 0.3) is 10.8 Å². The van der Waals surface area contributed by atoms with Gasteiger partial charge in [0.25, 0.3) is 5.69 Å². The lowest BCUT2D eigenvalue weighted by molar-refractivity contribution is -0.383.